The van der Waals surface area contributed by atoms with Crippen molar-refractivity contribution in [3.05, 3.63) is 34.6 Å². The Morgan fingerprint density at radius 2 is 2.37 bits per heavy atom. The molecule has 0 spiro atoms. The highest BCUT2D eigenvalue weighted by Crippen LogP contribution is 2.30. The van der Waals surface area contributed by atoms with Gasteiger partial charge in [-0.2, -0.15) is 11.8 Å². The van der Waals surface area contributed by atoms with Crippen LogP contribution in [0.1, 0.15) is 31.7 Å². The molecule has 1 aliphatic rings. The minimum Gasteiger partial charge on any atom is -0.313 e. The third-order valence-electron chi connectivity index (χ3n) is 3.53. The first-order valence-corrected chi connectivity index (χ1v) is 8.42. The highest BCUT2D eigenvalue weighted by Gasteiger charge is 2.26. The van der Waals surface area contributed by atoms with E-state index < -0.39 is 0 Å². The molecule has 1 saturated heterocycles. The fraction of sp³-hybridized carbons (Fsp3) is 0.600. The van der Waals surface area contributed by atoms with Gasteiger partial charge < -0.3 is 5.32 Å². The molecule has 1 aromatic rings. The summed E-state index contributed by atoms with van der Waals surface area (Å²) in [4.78, 5) is 0. The maximum Gasteiger partial charge on any atom is 0.127 e. The van der Waals surface area contributed by atoms with E-state index in [2.05, 4.69) is 12.2 Å². The van der Waals surface area contributed by atoms with E-state index >= 15 is 0 Å². The van der Waals surface area contributed by atoms with E-state index in [4.69, 9.17) is 11.6 Å². The minimum absolute atomic E-state index is 0.182. The van der Waals surface area contributed by atoms with Gasteiger partial charge in [-0.25, -0.2) is 4.39 Å². The van der Waals surface area contributed by atoms with Crippen LogP contribution in [-0.4, -0.2) is 23.6 Å². The van der Waals surface area contributed by atoms with Crippen molar-refractivity contribution >= 4 is 23.4 Å². The molecule has 0 aliphatic carbocycles. The van der Waals surface area contributed by atoms with Crippen molar-refractivity contribution in [2.45, 2.75) is 43.9 Å². The molecule has 1 N–H and O–H groups in total. The topological polar surface area (TPSA) is 12.0 Å². The molecular formula is C15H21ClFNS. The maximum absolute atomic E-state index is 13.9. The van der Waals surface area contributed by atoms with Crippen LogP contribution in [0.4, 0.5) is 4.39 Å². The molecule has 1 fully saturated rings. The molecule has 19 heavy (non-hydrogen) atoms. The van der Waals surface area contributed by atoms with Gasteiger partial charge in [-0.15, -0.1) is 0 Å². The fourth-order valence-corrected chi connectivity index (χ4v) is 4.06. The van der Waals surface area contributed by atoms with Gasteiger partial charge in [0.2, 0.25) is 0 Å². The van der Waals surface area contributed by atoms with Crippen molar-refractivity contribution in [1.29, 1.82) is 0 Å². The summed E-state index contributed by atoms with van der Waals surface area (Å²) < 4.78 is 13.9. The Hall–Kier alpha value is -0.250. The quantitative estimate of drug-likeness (QED) is 0.841. The Morgan fingerprint density at radius 3 is 3.00 bits per heavy atom. The van der Waals surface area contributed by atoms with Crippen molar-refractivity contribution in [2.24, 2.45) is 0 Å². The van der Waals surface area contributed by atoms with Gasteiger partial charge in [0, 0.05) is 16.3 Å². The molecule has 1 nitrogen and oxygen atoms in total. The highest BCUT2D eigenvalue weighted by atomic mass is 35.5. The predicted molar refractivity (Wildman–Crippen MR) is 82.7 cm³/mol. The number of hydrogen-bond donors (Lipinski definition) is 1. The van der Waals surface area contributed by atoms with E-state index in [-0.39, 0.29) is 5.82 Å². The summed E-state index contributed by atoms with van der Waals surface area (Å²) in [5.74, 6) is 1.05. The van der Waals surface area contributed by atoms with Crippen molar-refractivity contribution < 1.29 is 4.39 Å². The van der Waals surface area contributed by atoms with Gasteiger partial charge in [0.1, 0.15) is 5.82 Å². The fourth-order valence-electron chi connectivity index (χ4n) is 2.51. The van der Waals surface area contributed by atoms with E-state index in [0.717, 1.165) is 24.9 Å². The Labute approximate surface area is 124 Å². The Morgan fingerprint density at radius 1 is 1.53 bits per heavy atom. The van der Waals surface area contributed by atoms with E-state index in [1.165, 1.54) is 24.7 Å². The average molecular weight is 302 g/mol. The minimum atomic E-state index is -0.182. The van der Waals surface area contributed by atoms with Gasteiger partial charge in [0.15, 0.2) is 0 Å². The van der Waals surface area contributed by atoms with Crippen LogP contribution in [0.25, 0.3) is 0 Å². The summed E-state index contributed by atoms with van der Waals surface area (Å²) in [7, 11) is 0. The van der Waals surface area contributed by atoms with E-state index in [9.17, 15) is 4.39 Å². The molecule has 2 atom stereocenters. The molecule has 0 radical (unpaired) electrons. The lowest BCUT2D eigenvalue weighted by molar-refractivity contribution is 0.472. The first kappa shape index (κ1) is 15.1. The molecule has 1 heterocycles. The molecule has 0 bridgehead atoms. The first-order valence-electron chi connectivity index (χ1n) is 6.99. The van der Waals surface area contributed by atoms with Crippen LogP contribution in [0.2, 0.25) is 5.02 Å². The van der Waals surface area contributed by atoms with Gasteiger partial charge >= 0.3 is 0 Å². The summed E-state index contributed by atoms with van der Waals surface area (Å²) in [5.41, 5.74) is 0.769. The monoisotopic (exact) mass is 301 g/mol. The molecule has 0 amide bonds. The second kappa shape index (κ2) is 7.51. The number of halogens is 2. The van der Waals surface area contributed by atoms with Gasteiger partial charge in [-0.1, -0.05) is 24.6 Å². The largest absolute Gasteiger partial charge is 0.313 e. The number of benzene rings is 1. The van der Waals surface area contributed by atoms with Crippen LogP contribution < -0.4 is 5.32 Å². The van der Waals surface area contributed by atoms with Crippen LogP contribution >= 0.6 is 23.4 Å². The molecule has 106 valence electrons. The first-order chi connectivity index (χ1) is 9.20. The standard InChI is InChI=1S/C15H21ClFNS/c1-2-7-18-14(15-4-3-8-19-15)9-11-5-6-12(16)10-13(11)17/h5-6,10,14-15,18H,2-4,7-9H2,1H3. The van der Waals surface area contributed by atoms with Crippen molar-refractivity contribution in [3.8, 4) is 0 Å². The van der Waals surface area contributed by atoms with Crippen molar-refractivity contribution in [1.82, 2.24) is 5.32 Å². The Bertz CT molecular complexity index is 407. The van der Waals surface area contributed by atoms with E-state index in [1.54, 1.807) is 6.07 Å². The molecular weight excluding hydrogens is 281 g/mol. The lowest BCUT2D eigenvalue weighted by Gasteiger charge is -2.24. The van der Waals surface area contributed by atoms with E-state index in [0.29, 0.717) is 16.3 Å². The second-order valence-electron chi connectivity index (χ2n) is 5.05. The Kier molecular flexibility index (Phi) is 5.99. The number of nitrogens with one attached hydrogen (secondary N) is 1. The van der Waals surface area contributed by atoms with E-state index in [1.807, 2.05) is 17.8 Å². The zero-order chi connectivity index (χ0) is 13.7. The lowest BCUT2D eigenvalue weighted by atomic mass is 10.00. The van der Waals surface area contributed by atoms with Crippen LogP contribution in [0.3, 0.4) is 0 Å². The molecule has 4 heteroatoms. The SMILES string of the molecule is CCCNC(Cc1ccc(Cl)cc1F)C1CCCS1. The predicted octanol–water partition coefficient (Wildman–Crippen LogP) is 4.29. The third kappa shape index (κ3) is 4.37. The summed E-state index contributed by atoms with van der Waals surface area (Å²) in [6, 6.07) is 5.37. The zero-order valence-electron chi connectivity index (χ0n) is 11.3. The number of hydrogen-bond acceptors (Lipinski definition) is 2. The number of rotatable bonds is 6. The van der Waals surface area contributed by atoms with Gasteiger partial charge in [-0.05, 0) is 55.7 Å². The van der Waals surface area contributed by atoms with Crippen LogP contribution in [0.5, 0.6) is 0 Å². The lowest BCUT2D eigenvalue weighted by Crippen LogP contribution is -2.39. The molecule has 0 saturated carbocycles. The molecule has 1 aromatic carbocycles. The van der Waals surface area contributed by atoms with Crippen LogP contribution in [0.15, 0.2) is 18.2 Å². The normalized spacial score (nSPS) is 20.7. The Balaban J connectivity index is 2.05. The molecule has 2 rings (SSSR count). The summed E-state index contributed by atoms with van der Waals surface area (Å²) in [6.07, 6.45) is 4.38. The van der Waals surface area contributed by atoms with Gasteiger partial charge in [0.05, 0.1) is 0 Å². The molecule has 2 unspecified atom stereocenters. The second-order valence-corrected chi connectivity index (χ2v) is 6.84. The smallest absolute Gasteiger partial charge is 0.127 e. The average Bonchev–Trinajstić information content (AvgIpc) is 2.90. The third-order valence-corrected chi connectivity index (χ3v) is 5.28. The summed E-state index contributed by atoms with van der Waals surface area (Å²) in [6.45, 7) is 3.16. The maximum atomic E-state index is 13.9. The number of thioether (sulfide) groups is 1. The highest BCUT2D eigenvalue weighted by molar-refractivity contribution is 8.00. The summed E-state index contributed by atoms with van der Waals surface area (Å²) in [5, 5.41) is 4.66. The van der Waals surface area contributed by atoms with Crippen molar-refractivity contribution in [3.63, 3.8) is 0 Å². The van der Waals surface area contributed by atoms with Gasteiger partial charge in [0.25, 0.3) is 0 Å². The van der Waals surface area contributed by atoms with Crippen LogP contribution in [0, 0.1) is 5.82 Å². The molecule has 0 aromatic heterocycles. The van der Waals surface area contributed by atoms with Crippen molar-refractivity contribution in [2.75, 3.05) is 12.3 Å². The van der Waals surface area contributed by atoms with Gasteiger partial charge in [-0.3, -0.25) is 0 Å². The zero-order valence-corrected chi connectivity index (χ0v) is 12.9. The molecule has 1 aliphatic heterocycles. The van der Waals surface area contributed by atoms with Crippen LogP contribution in [-0.2, 0) is 6.42 Å². The summed E-state index contributed by atoms with van der Waals surface area (Å²) >= 11 is 7.82.